The molecule has 0 bridgehead atoms. The molecule has 0 aliphatic heterocycles. The molecule has 0 saturated carbocycles. The summed E-state index contributed by atoms with van der Waals surface area (Å²) < 4.78 is 12.0. The van der Waals surface area contributed by atoms with Crippen LogP contribution < -0.4 is 9.47 Å². The zero-order valence-corrected chi connectivity index (χ0v) is 13.7. The van der Waals surface area contributed by atoms with Gasteiger partial charge in [0.05, 0.1) is 32.3 Å². The topological polar surface area (TPSA) is 75.0 Å². The highest BCUT2D eigenvalue weighted by molar-refractivity contribution is 6.31. The lowest BCUT2D eigenvalue weighted by molar-refractivity contribution is 0.371. The van der Waals surface area contributed by atoms with Gasteiger partial charge in [-0.15, -0.1) is 5.10 Å². The predicted molar refractivity (Wildman–Crippen MR) is 85.5 cm³/mol. The zero-order chi connectivity index (χ0) is 16.4. The highest BCUT2D eigenvalue weighted by atomic mass is 35.5. The first-order chi connectivity index (χ1) is 11.1. The van der Waals surface area contributed by atoms with Crippen LogP contribution in [0.25, 0.3) is 16.9 Å². The third kappa shape index (κ3) is 3.06. The van der Waals surface area contributed by atoms with E-state index >= 15 is 0 Å². The van der Waals surface area contributed by atoms with Crippen LogP contribution in [0.4, 0.5) is 0 Å². The second-order valence-corrected chi connectivity index (χ2v) is 5.24. The lowest BCUT2D eigenvalue weighted by Gasteiger charge is -2.12. The van der Waals surface area contributed by atoms with E-state index in [-0.39, 0.29) is 11.2 Å². The van der Waals surface area contributed by atoms with E-state index in [0.717, 1.165) is 0 Å². The van der Waals surface area contributed by atoms with Gasteiger partial charge in [-0.05, 0) is 18.2 Å². The van der Waals surface area contributed by atoms with Crippen LogP contribution >= 0.6 is 23.2 Å². The molecule has 0 atom stereocenters. The largest absolute Gasteiger partial charge is 0.493 e. The van der Waals surface area contributed by atoms with Crippen molar-refractivity contribution >= 4 is 23.2 Å². The molecule has 0 spiro atoms. The van der Waals surface area contributed by atoms with Crippen molar-refractivity contribution in [1.29, 1.82) is 0 Å². The number of rotatable bonds is 4. The van der Waals surface area contributed by atoms with E-state index in [2.05, 4.69) is 20.3 Å². The van der Waals surface area contributed by atoms with E-state index in [1.54, 1.807) is 24.4 Å². The number of aromatic nitrogens is 5. The zero-order valence-electron chi connectivity index (χ0n) is 12.2. The van der Waals surface area contributed by atoms with Gasteiger partial charge < -0.3 is 9.47 Å². The molecule has 9 heteroatoms. The fraction of sp³-hybridized carbons (Fsp3) is 0.143. The van der Waals surface area contributed by atoms with E-state index in [4.69, 9.17) is 32.7 Å². The molecule has 0 fully saturated rings. The molecule has 23 heavy (non-hydrogen) atoms. The Morgan fingerprint density at radius 1 is 1.13 bits per heavy atom. The average molecular weight is 352 g/mol. The minimum absolute atomic E-state index is 0.211. The van der Waals surface area contributed by atoms with Crippen molar-refractivity contribution in [3.63, 3.8) is 0 Å². The van der Waals surface area contributed by atoms with Gasteiger partial charge in [0.2, 0.25) is 0 Å². The molecule has 0 aliphatic rings. The maximum absolute atomic E-state index is 6.14. The van der Waals surface area contributed by atoms with E-state index in [1.807, 2.05) is 0 Å². The van der Waals surface area contributed by atoms with Crippen molar-refractivity contribution in [1.82, 2.24) is 25.0 Å². The van der Waals surface area contributed by atoms with E-state index in [1.165, 1.54) is 25.1 Å². The molecule has 0 aliphatic carbocycles. The standard InChI is InChI=1S/C14H11Cl2N5O2/c1-22-11-6-17-14(23-2)18-13(11)9-5-8(15)3-4-10(9)21-7-12(16)19-20-21/h3-7H,1-2H3. The monoisotopic (exact) mass is 351 g/mol. The summed E-state index contributed by atoms with van der Waals surface area (Å²) in [7, 11) is 3.02. The minimum Gasteiger partial charge on any atom is -0.493 e. The summed E-state index contributed by atoms with van der Waals surface area (Å²) in [5.74, 6) is 0.473. The molecule has 3 rings (SSSR count). The van der Waals surface area contributed by atoms with Gasteiger partial charge in [-0.1, -0.05) is 28.4 Å². The third-order valence-electron chi connectivity index (χ3n) is 3.06. The van der Waals surface area contributed by atoms with Crippen LogP contribution in [0.3, 0.4) is 0 Å². The number of benzene rings is 1. The number of methoxy groups -OCH3 is 2. The highest BCUT2D eigenvalue weighted by Crippen LogP contribution is 2.34. The van der Waals surface area contributed by atoms with Crippen molar-refractivity contribution in [2.45, 2.75) is 0 Å². The Kier molecular flexibility index (Phi) is 4.31. The van der Waals surface area contributed by atoms with Crippen LogP contribution in [0.2, 0.25) is 10.2 Å². The van der Waals surface area contributed by atoms with Crippen LogP contribution in [-0.4, -0.2) is 39.2 Å². The fourth-order valence-corrected chi connectivity index (χ4v) is 2.35. The Balaban J connectivity index is 2.25. The Morgan fingerprint density at radius 3 is 2.61 bits per heavy atom. The Hall–Kier alpha value is -2.38. The van der Waals surface area contributed by atoms with Crippen molar-refractivity contribution in [3.05, 3.63) is 40.8 Å². The van der Waals surface area contributed by atoms with Gasteiger partial charge >= 0.3 is 6.01 Å². The molecule has 0 N–H and O–H groups in total. The molecule has 0 radical (unpaired) electrons. The molecule has 118 valence electrons. The molecule has 3 aromatic rings. The van der Waals surface area contributed by atoms with Gasteiger partial charge in [0.15, 0.2) is 10.9 Å². The molecule has 1 aromatic carbocycles. The normalized spacial score (nSPS) is 10.6. The van der Waals surface area contributed by atoms with Gasteiger partial charge in [0.1, 0.15) is 5.69 Å². The van der Waals surface area contributed by atoms with Crippen molar-refractivity contribution in [3.8, 4) is 28.7 Å². The summed E-state index contributed by atoms with van der Waals surface area (Å²) in [5, 5.41) is 8.57. The maximum Gasteiger partial charge on any atom is 0.316 e. The summed E-state index contributed by atoms with van der Waals surface area (Å²) in [4.78, 5) is 8.39. The highest BCUT2D eigenvalue weighted by Gasteiger charge is 2.17. The average Bonchev–Trinajstić information content (AvgIpc) is 3.00. The number of ether oxygens (including phenoxy) is 2. The molecule has 7 nitrogen and oxygen atoms in total. The lowest BCUT2D eigenvalue weighted by atomic mass is 10.1. The summed E-state index contributed by atoms with van der Waals surface area (Å²) in [6.07, 6.45) is 3.11. The third-order valence-corrected chi connectivity index (χ3v) is 3.47. The molecule has 2 aromatic heterocycles. The fourth-order valence-electron chi connectivity index (χ4n) is 2.05. The molecule has 0 unspecified atom stereocenters. The molecular formula is C14H11Cl2N5O2. The summed E-state index contributed by atoms with van der Waals surface area (Å²) in [5.41, 5.74) is 1.88. The quantitative estimate of drug-likeness (QED) is 0.719. The van der Waals surface area contributed by atoms with Crippen molar-refractivity contribution in [2.24, 2.45) is 0 Å². The first-order valence-electron chi connectivity index (χ1n) is 6.45. The predicted octanol–water partition coefficient (Wildman–Crippen LogP) is 3.05. The van der Waals surface area contributed by atoms with E-state index < -0.39 is 0 Å². The minimum atomic E-state index is 0.211. The van der Waals surface area contributed by atoms with Crippen molar-refractivity contribution in [2.75, 3.05) is 14.2 Å². The van der Waals surface area contributed by atoms with Crippen LogP contribution in [0, 0.1) is 0 Å². The number of hydrogen-bond acceptors (Lipinski definition) is 6. The van der Waals surface area contributed by atoms with Gasteiger partial charge in [-0.3, -0.25) is 0 Å². The van der Waals surface area contributed by atoms with E-state index in [0.29, 0.717) is 27.7 Å². The second kappa shape index (κ2) is 6.39. The van der Waals surface area contributed by atoms with Gasteiger partial charge in [0.25, 0.3) is 0 Å². The number of halogens is 2. The first kappa shape index (κ1) is 15.5. The molecular weight excluding hydrogens is 341 g/mol. The smallest absolute Gasteiger partial charge is 0.316 e. The number of nitrogens with zero attached hydrogens (tertiary/aromatic N) is 5. The van der Waals surface area contributed by atoms with Gasteiger partial charge in [0, 0.05) is 10.6 Å². The van der Waals surface area contributed by atoms with Crippen molar-refractivity contribution < 1.29 is 9.47 Å². The van der Waals surface area contributed by atoms with Crippen LogP contribution in [-0.2, 0) is 0 Å². The Labute approximate surface area is 141 Å². The maximum atomic E-state index is 6.14. The molecule has 0 saturated heterocycles. The van der Waals surface area contributed by atoms with Gasteiger partial charge in [-0.2, -0.15) is 9.97 Å². The summed E-state index contributed by atoms with van der Waals surface area (Å²) >= 11 is 12.0. The second-order valence-electron chi connectivity index (χ2n) is 4.42. The first-order valence-corrected chi connectivity index (χ1v) is 7.21. The molecule has 2 heterocycles. The van der Waals surface area contributed by atoms with Crippen LogP contribution in [0.1, 0.15) is 0 Å². The number of hydrogen-bond donors (Lipinski definition) is 0. The lowest BCUT2D eigenvalue weighted by Crippen LogP contribution is -2.02. The summed E-state index contributed by atoms with van der Waals surface area (Å²) in [6.45, 7) is 0. The van der Waals surface area contributed by atoms with Crippen LogP contribution in [0.5, 0.6) is 11.8 Å². The van der Waals surface area contributed by atoms with E-state index in [9.17, 15) is 0 Å². The molecule has 0 amide bonds. The Morgan fingerprint density at radius 2 is 1.96 bits per heavy atom. The summed E-state index contributed by atoms with van der Waals surface area (Å²) in [6, 6.07) is 5.48. The van der Waals surface area contributed by atoms with Crippen LogP contribution in [0.15, 0.2) is 30.6 Å². The SMILES string of the molecule is COc1ncc(OC)c(-c2cc(Cl)ccc2-n2cc(Cl)nn2)n1. The van der Waals surface area contributed by atoms with Gasteiger partial charge in [-0.25, -0.2) is 4.68 Å². The Bertz CT molecular complexity index is 853.